The van der Waals surface area contributed by atoms with E-state index < -0.39 is 0 Å². The van der Waals surface area contributed by atoms with Crippen molar-refractivity contribution in [3.63, 3.8) is 0 Å². The zero-order chi connectivity index (χ0) is 12.4. The molecule has 1 aromatic heterocycles. The Kier molecular flexibility index (Phi) is 3.39. The second kappa shape index (κ2) is 4.80. The Labute approximate surface area is 110 Å². The van der Waals surface area contributed by atoms with E-state index in [1.165, 1.54) is 0 Å². The number of hydrogen-bond donors (Lipinski definition) is 2. The molecule has 2 rings (SSSR count). The number of carbonyl (C=O) groups is 1. The van der Waals surface area contributed by atoms with Gasteiger partial charge in [-0.3, -0.25) is 10.1 Å². The molecule has 88 valence electrons. The van der Waals surface area contributed by atoms with Crippen LogP contribution in [0.1, 0.15) is 16.2 Å². The van der Waals surface area contributed by atoms with Crippen LogP contribution in [-0.4, -0.2) is 15.3 Å². The first-order chi connectivity index (χ1) is 8.04. The molecule has 0 unspecified atom stereocenters. The predicted octanol–water partition coefficient (Wildman–Crippen LogP) is 2.44. The fourth-order valence-corrected chi connectivity index (χ4v) is 2.34. The summed E-state index contributed by atoms with van der Waals surface area (Å²) in [5.41, 5.74) is 6.66. The van der Waals surface area contributed by atoms with Gasteiger partial charge in [-0.2, -0.15) is 4.37 Å². The predicted molar refractivity (Wildman–Crippen MR) is 71.2 cm³/mol. The third-order valence-electron chi connectivity index (χ3n) is 1.93. The molecule has 0 spiro atoms. The molecule has 0 radical (unpaired) electrons. The van der Waals surface area contributed by atoms with Gasteiger partial charge < -0.3 is 5.73 Å². The van der Waals surface area contributed by atoms with Gasteiger partial charge in [-0.05, 0) is 25.1 Å². The summed E-state index contributed by atoms with van der Waals surface area (Å²) in [5, 5.41) is 3.14. The highest BCUT2D eigenvalue weighted by Gasteiger charge is 2.10. The molecule has 0 bridgehead atoms. The highest BCUT2D eigenvalue weighted by atomic mass is 79.9. The van der Waals surface area contributed by atoms with E-state index in [1.54, 1.807) is 25.1 Å². The monoisotopic (exact) mass is 312 g/mol. The molecule has 2 aromatic rings. The lowest BCUT2D eigenvalue weighted by Gasteiger charge is -2.03. The number of aromatic nitrogens is 2. The minimum Gasteiger partial charge on any atom is -0.399 e. The van der Waals surface area contributed by atoms with Crippen molar-refractivity contribution < 1.29 is 4.79 Å². The van der Waals surface area contributed by atoms with E-state index >= 15 is 0 Å². The van der Waals surface area contributed by atoms with Gasteiger partial charge in [0.05, 0.1) is 0 Å². The number of nitrogens with one attached hydrogen (secondary N) is 1. The zero-order valence-electron chi connectivity index (χ0n) is 8.90. The number of carbonyl (C=O) groups excluding carboxylic acids is 1. The summed E-state index contributed by atoms with van der Waals surface area (Å²) in [6.45, 7) is 1.77. The van der Waals surface area contributed by atoms with Gasteiger partial charge in [-0.25, -0.2) is 4.98 Å². The summed E-state index contributed by atoms with van der Waals surface area (Å²) in [4.78, 5) is 15.9. The number of nitrogens with zero attached hydrogens (tertiary/aromatic N) is 2. The third-order valence-corrected chi connectivity index (χ3v) is 3.11. The molecule has 1 amide bonds. The maximum atomic E-state index is 11.9. The molecule has 0 aliphatic heterocycles. The second-order valence-electron chi connectivity index (χ2n) is 3.37. The van der Waals surface area contributed by atoms with E-state index in [0.29, 0.717) is 22.2 Å². The summed E-state index contributed by atoms with van der Waals surface area (Å²) in [6, 6.07) is 5.03. The number of hydrogen-bond acceptors (Lipinski definition) is 5. The molecule has 0 saturated carbocycles. The summed E-state index contributed by atoms with van der Waals surface area (Å²) in [7, 11) is 0. The molecule has 17 heavy (non-hydrogen) atoms. The fourth-order valence-electron chi connectivity index (χ4n) is 1.26. The van der Waals surface area contributed by atoms with Crippen molar-refractivity contribution in [2.75, 3.05) is 11.1 Å². The number of rotatable bonds is 2. The van der Waals surface area contributed by atoms with Crippen LogP contribution in [0.5, 0.6) is 0 Å². The normalized spacial score (nSPS) is 10.2. The van der Waals surface area contributed by atoms with Gasteiger partial charge in [0.2, 0.25) is 5.13 Å². The Hall–Kier alpha value is -1.47. The van der Waals surface area contributed by atoms with Crippen molar-refractivity contribution >= 4 is 44.2 Å². The van der Waals surface area contributed by atoms with E-state index in [-0.39, 0.29) is 5.91 Å². The van der Waals surface area contributed by atoms with E-state index in [1.807, 2.05) is 0 Å². The molecular formula is C10H9BrN4OS. The van der Waals surface area contributed by atoms with Crippen LogP contribution in [0.3, 0.4) is 0 Å². The lowest BCUT2D eigenvalue weighted by molar-refractivity contribution is 0.102. The van der Waals surface area contributed by atoms with Gasteiger partial charge in [0.1, 0.15) is 5.82 Å². The van der Waals surface area contributed by atoms with Gasteiger partial charge >= 0.3 is 0 Å². The Balaban J connectivity index is 2.19. The van der Waals surface area contributed by atoms with Gasteiger partial charge in [0, 0.05) is 27.3 Å². The first-order valence-corrected chi connectivity index (χ1v) is 6.29. The third kappa shape index (κ3) is 3.01. The van der Waals surface area contributed by atoms with Crippen molar-refractivity contribution in [3.8, 4) is 0 Å². The fraction of sp³-hybridized carbons (Fsp3) is 0.100. The second-order valence-corrected chi connectivity index (χ2v) is 5.04. The van der Waals surface area contributed by atoms with E-state index in [9.17, 15) is 4.79 Å². The highest BCUT2D eigenvalue weighted by molar-refractivity contribution is 9.10. The van der Waals surface area contributed by atoms with Crippen molar-refractivity contribution in [3.05, 3.63) is 34.1 Å². The zero-order valence-corrected chi connectivity index (χ0v) is 11.3. The molecule has 5 nitrogen and oxygen atoms in total. The lowest BCUT2D eigenvalue weighted by atomic mass is 10.2. The highest BCUT2D eigenvalue weighted by Crippen LogP contribution is 2.19. The maximum Gasteiger partial charge on any atom is 0.257 e. The Morgan fingerprint density at radius 1 is 1.47 bits per heavy atom. The molecule has 7 heteroatoms. The number of anilines is 2. The van der Waals surface area contributed by atoms with Crippen LogP contribution in [0.25, 0.3) is 0 Å². The average molecular weight is 313 g/mol. The topological polar surface area (TPSA) is 80.9 Å². The quantitative estimate of drug-likeness (QED) is 0.835. The lowest BCUT2D eigenvalue weighted by Crippen LogP contribution is -2.12. The standard InChI is InChI=1S/C10H9BrN4OS/c1-5-13-10(17-15-5)14-9(16)6-2-7(11)4-8(12)3-6/h2-4H,12H2,1H3,(H,13,14,15,16). The largest absolute Gasteiger partial charge is 0.399 e. The number of benzene rings is 1. The Morgan fingerprint density at radius 2 is 2.24 bits per heavy atom. The number of nitrogens with two attached hydrogens (primary N) is 1. The minimum atomic E-state index is -0.255. The van der Waals surface area contributed by atoms with E-state index in [0.717, 1.165) is 16.0 Å². The van der Waals surface area contributed by atoms with E-state index in [4.69, 9.17) is 5.73 Å². The summed E-state index contributed by atoms with van der Waals surface area (Å²) in [5.74, 6) is 0.383. The smallest absolute Gasteiger partial charge is 0.257 e. The van der Waals surface area contributed by atoms with Crippen LogP contribution >= 0.6 is 27.5 Å². The van der Waals surface area contributed by atoms with Gasteiger partial charge in [0.25, 0.3) is 5.91 Å². The van der Waals surface area contributed by atoms with E-state index in [2.05, 4.69) is 30.6 Å². The molecule has 0 saturated heterocycles. The number of aryl methyl sites for hydroxylation is 1. The molecule has 1 heterocycles. The number of halogens is 1. The molecule has 1 aromatic carbocycles. The van der Waals surface area contributed by atoms with Crippen LogP contribution in [0.4, 0.5) is 10.8 Å². The number of amides is 1. The number of nitrogen functional groups attached to an aromatic ring is 1. The van der Waals surface area contributed by atoms with Crippen molar-refractivity contribution in [1.29, 1.82) is 0 Å². The van der Waals surface area contributed by atoms with Gasteiger partial charge in [-0.15, -0.1) is 0 Å². The van der Waals surface area contributed by atoms with Crippen LogP contribution in [0, 0.1) is 6.92 Å². The molecule has 0 aliphatic rings. The summed E-state index contributed by atoms with van der Waals surface area (Å²) < 4.78 is 4.74. The van der Waals surface area contributed by atoms with Gasteiger partial charge in [-0.1, -0.05) is 15.9 Å². The van der Waals surface area contributed by atoms with Crippen molar-refractivity contribution in [1.82, 2.24) is 9.36 Å². The van der Waals surface area contributed by atoms with Crippen molar-refractivity contribution in [2.24, 2.45) is 0 Å². The summed E-state index contributed by atoms with van der Waals surface area (Å²) in [6.07, 6.45) is 0. The van der Waals surface area contributed by atoms with Crippen LogP contribution in [0.15, 0.2) is 22.7 Å². The first-order valence-electron chi connectivity index (χ1n) is 4.72. The maximum absolute atomic E-state index is 11.9. The van der Waals surface area contributed by atoms with Crippen LogP contribution < -0.4 is 11.1 Å². The molecular weight excluding hydrogens is 304 g/mol. The van der Waals surface area contributed by atoms with Crippen molar-refractivity contribution in [2.45, 2.75) is 6.92 Å². The first kappa shape index (κ1) is 12.0. The van der Waals surface area contributed by atoms with Crippen LogP contribution in [-0.2, 0) is 0 Å². The van der Waals surface area contributed by atoms with Crippen LogP contribution in [0.2, 0.25) is 0 Å². The Morgan fingerprint density at radius 3 is 2.82 bits per heavy atom. The SMILES string of the molecule is Cc1nsc(NC(=O)c2cc(N)cc(Br)c2)n1. The Bertz CT molecular complexity index is 549. The molecule has 0 fully saturated rings. The van der Waals surface area contributed by atoms with Gasteiger partial charge in [0.15, 0.2) is 0 Å². The average Bonchev–Trinajstić information content (AvgIpc) is 2.62. The summed E-state index contributed by atoms with van der Waals surface area (Å²) >= 11 is 4.43. The molecule has 3 N–H and O–H groups in total. The molecule has 0 atom stereocenters. The minimum absolute atomic E-state index is 0.255. The molecule has 0 aliphatic carbocycles.